The van der Waals surface area contributed by atoms with Crippen LogP contribution in [0.15, 0.2) is 22.5 Å². The Hall–Kier alpha value is -0.380. The molecule has 0 unspecified atom stereocenters. The summed E-state index contributed by atoms with van der Waals surface area (Å²) >= 11 is 1.86. The highest BCUT2D eigenvalue weighted by Gasteiger charge is 2.20. The molecular formula is C18H33IN4OS. The van der Waals surface area contributed by atoms with Gasteiger partial charge in [-0.05, 0) is 57.1 Å². The van der Waals surface area contributed by atoms with Gasteiger partial charge >= 0.3 is 0 Å². The molecule has 2 N–H and O–H groups in total. The molecule has 7 heteroatoms. The summed E-state index contributed by atoms with van der Waals surface area (Å²) in [4.78, 5) is 8.34. The Morgan fingerprint density at radius 1 is 1.36 bits per heavy atom. The van der Waals surface area contributed by atoms with Crippen LogP contribution < -0.4 is 10.6 Å². The second kappa shape index (κ2) is 11.4. The van der Waals surface area contributed by atoms with Gasteiger partial charge in [-0.2, -0.15) is 0 Å². The quantitative estimate of drug-likeness (QED) is 0.358. The lowest BCUT2D eigenvalue weighted by Gasteiger charge is -2.32. The summed E-state index contributed by atoms with van der Waals surface area (Å²) in [5.74, 6) is 1.58. The van der Waals surface area contributed by atoms with Crippen LogP contribution in [-0.2, 0) is 11.3 Å². The molecule has 144 valence electrons. The molecule has 1 saturated heterocycles. The zero-order valence-corrected chi connectivity index (χ0v) is 19.0. The number of nitrogens with zero attached hydrogens (tertiary/aromatic N) is 2. The number of hydrogen-bond donors (Lipinski definition) is 2. The molecule has 0 aromatic carbocycles. The van der Waals surface area contributed by atoms with E-state index in [9.17, 15) is 0 Å². The van der Waals surface area contributed by atoms with Crippen LogP contribution in [0, 0.1) is 5.92 Å². The molecule has 1 aromatic heterocycles. The maximum absolute atomic E-state index is 5.43. The van der Waals surface area contributed by atoms with Gasteiger partial charge in [-0.1, -0.05) is 6.07 Å². The van der Waals surface area contributed by atoms with Crippen LogP contribution in [0.5, 0.6) is 0 Å². The normalized spacial score (nSPS) is 17.2. The number of ether oxygens (including phenoxy) is 1. The van der Waals surface area contributed by atoms with Crippen molar-refractivity contribution >= 4 is 41.3 Å². The van der Waals surface area contributed by atoms with E-state index in [0.29, 0.717) is 0 Å². The Labute approximate surface area is 173 Å². The van der Waals surface area contributed by atoms with E-state index in [1.807, 2.05) is 18.4 Å². The number of aliphatic imine (C=N–C) groups is 1. The lowest BCUT2D eigenvalue weighted by Crippen LogP contribution is -2.47. The zero-order chi connectivity index (χ0) is 17.4. The van der Waals surface area contributed by atoms with Crippen molar-refractivity contribution in [1.82, 2.24) is 15.5 Å². The predicted molar refractivity (Wildman–Crippen MR) is 118 cm³/mol. The second-order valence-electron chi connectivity index (χ2n) is 7.07. The van der Waals surface area contributed by atoms with E-state index in [0.717, 1.165) is 31.5 Å². The lowest BCUT2D eigenvalue weighted by molar-refractivity contribution is 0.0268. The Bertz CT molecular complexity index is 499. The van der Waals surface area contributed by atoms with Crippen molar-refractivity contribution in [2.75, 3.05) is 40.3 Å². The number of nitrogens with one attached hydrogen (secondary N) is 2. The first-order valence-corrected chi connectivity index (χ1v) is 9.65. The largest absolute Gasteiger partial charge is 0.377 e. The molecule has 25 heavy (non-hydrogen) atoms. The number of rotatable bonds is 7. The summed E-state index contributed by atoms with van der Waals surface area (Å²) in [5.41, 5.74) is -0.190. The average molecular weight is 480 g/mol. The molecule has 2 rings (SSSR count). The summed E-state index contributed by atoms with van der Waals surface area (Å²) in [6.45, 7) is 9.34. The minimum Gasteiger partial charge on any atom is -0.377 e. The first kappa shape index (κ1) is 22.7. The van der Waals surface area contributed by atoms with Crippen LogP contribution >= 0.6 is 35.3 Å². The first-order valence-electron chi connectivity index (χ1n) is 8.77. The van der Waals surface area contributed by atoms with Crippen molar-refractivity contribution in [1.29, 1.82) is 0 Å². The van der Waals surface area contributed by atoms with Gasteiger partial charge in [0.25, 0.3) is 0 Å². The van der Waals surface area contributed by atoms with Gasteiger partial charge in [0, 0.05) is 38.7 Å². The second-order valence-corrected chi connectivity index (χ2v) is 8.10. The Balaban J connectivity index is 0.00000312. The van der Waals surface area contributed by atoms with Crippen LogP contribution in [0.3, 0.4) is 0 Å². The summed E-state index contributed by atoms with van der Waals surface area (Å²) in [7, 11) is 3.56. The molecule has 1 aliphatic rings. The maximum Gasteiger partial charge on any atom is 0.191 e. The summed E-state index contributed by atoms with van der Waals surface area (Å²) < 4.78 is 5.43. The standard InChI is InChI=1S/C18H32N4OS.HI/c1-18(2,23-4)14-21-17(19-3)20-12-15-7-9-22(10-8-15)13-16-6-5-11-24-16;/h5-6,11,15H,7-10,12-14H2,1-4H3,(H2,19,20,21);1H. The van der Waals surface area contributed by atoms with Gasteiger partial charge in [-0.25, -0.2) is 0 Å². The van der Waals surface area contributed by atoms with Gasteiger partial charge in [0.2, 0.25) is 0 Å². The fourth-order valence-electron chi connectivity index (χ4n) is 2.80. The molecule has 5 nitrogen and oxygen atoms in total. The number of halogens is 1. The van der Waals surface area contributed by atoms with Crippen molar-refractivity contribution in [2.45, 2.75) is 38.8 Å². The van der Waals surface area contributed by atoms with Gasteiger partial charge in [0.1, 0.15) is 0 Å². The van der Waals surface area contributed by atoms with Crippen molar-refractivity contribution in [3.05, 3.63) is 22.4 Å². The minimum atomic E-state index is -0.190. The van der Waals surface area contributed by atoms with E-state index in [1.165, 1.54) is 30.8 Å². The van der Waals surface area contributed by atoms with E-state index in [4.69, 9.17) is 4.74 Å². The van der Waals surface area contributed by atoms with Crippen LogP contribution in [0.2, 0.25) is 0 Å². The molecule has 1 aromatic rings. The van der Waals surface area contributed by atoms with E-state index in [1.54, 1.807) is 7.11 Å². The van der Waals surface area contributed by atoms with E-state index in [2.05, 4.69) is 51.9 Å². The molecule has 0 atom stereocenters. The fraction of sp³-hybridized carbons (Fsp3) is 0.722. The third-order valence-corrected chi connectivity index (χ3v) is 5.54. The van der Waals surface area contributed by atoms with Crippen LogP contribution in [0.4, 0.5) is 0 Å². The molecule has 0 saturated carbocycles. The van der Waals surface area contributed by atoms with Crippen LogP contribution in [0.25, 0.3) is 0 Å². The highest BCUT2D eigenvalue weighted by molar-refractivity contribution is 14.0. The molecule has 0 spiro atoms. The minimum absolute atomic E-state index is 0. The fourth-order valence-corrected chi connectivity index (χ4v) is 3.55. The Kier molecular flexibility index (Phi) is 10.3. The molecule has 0 bridgehead atoms. The number of methoxy groups -OCH3 is 1. The number of likely N-dealkylation sites (tertiary alicyclic amines) is 1. The molecule has 2 heterocycles. The smallest absolute Gasteiger partial charge is 0.191 e. The molecule has 0 amide bonds. The predicted octanol–water partition coefficient (Wildman–Crippen LogP) is 3.17. The first-order chi connectivity index (χ1) is 11.5. The number of thiophene rings is 1. The van der Waals surface area contributed by atoms with Gasteiger partial charge in [-0.15, -0.1) is 35.3 Å². The van der Waals surface area contributed by atoms with E-state index >= 15 is 0 Å². The molecule has 0 aliphatic carbocycles. The monoisotopic (exact) mass is 480 g/mol. The number of hydrogen-bond acceptors (Lipinski definition) is 4. The maximum atomic E-state index is 5.43. The summed E-state index contributed by atoms with van der Waals surface area (Å²) in [6.07, 6.45) is 2.50. The van der Waals surface area contributed by atoms with Gasteiger partial charge < -0.3 is 15.4 Å². The average Bonchev–Trinajstić information content (AvgIpc) is 3.09. The SMILES string of the molecule is CN=C(NCC1CCN(Cc2cccs2)CC1)NCC(C)(C)OC.I. The zero-order valence-electron chi connectivity index (χ0n) is 15.9. The van der Waals surface area contributed by atoms with Crippen LogP contribution in [0.1, 0.15) is 31.6 Å². The van der Waals surface area contributed by atoms with E-state index < -0.39 is 0 Å². The lowest BCUT2D eigenvalue weighted by atomic mass is 9.97. The number of guanidine groups is 1. The van der Waals surface area contributed by atoms with Crippen molar-refractivity contribution in [2.24, 2.45) is 10.9 Å². The van der Waals surface area contributed by atoms with Crippen molar-refractivity contribution in [3.63, 3.8) is 0 Å². The third kappa shape index (κ3) is 8.23. The molecule has 0 radical (unpaired) electrons. The Morgan fingerprint density at radius 2 is 2.08 bits per heavy atom. The number of piperidine rings is 1. The summed E-state index contributed by atoms with van der Waals surface area (Å²) in [5, 5.41) is 8.97. The molecular weight excluding hydrogens is 447 g/mol. The highest BCUT2D eigenvalue weighted by atomic mass is 127. The summed E-state index contributed by atoms with van der Waals surface area (Å²) in [6, 6.07) is 4.37. The van der Waals surface area contributed by atoms with Crippen molar-refractivity contribution < 1.29 is 4.74 Å². The Morgan fingerprint density at radius 3 is 2.64 bits per heavy atom. The highest BCUT2D eigenvalue weighted by Crippen LogP contribution is 2.20. The van der Waals surface area contributed by atoms with Gasteiger partial charge in [0.05, 0.1) is 5.60 Å². The van der Waals surface area contributed by atoms with Crippen molar-refractivity contribution in [3.8, 4) is 0 Å². The van der Waals surface area contributed by atoms with Gasteiger partial charge in [-0.3, -0.25) is 9.89 Å². The molecule has 1 aliphatic heterocycles. The topological polar surface area (TPSA) is 48.9 Å². The van der Waals surface area contributed by atoms with Gasteiger partial charge in [0.15, 0.2) is 5.96 Å². The van der Waals surface area contributed by atoms with E-state index in [-0.39, 0.29) is 29.6 Å². The molecule has 1 fully saturated rings. The third-order valence-electron chi connectivity index (χ3n) is 4.68. The van der Waals surface area contributed by atoms with Crippen LogP contribution in [-0.4, -0.2) is 56.8 Å².